The van der Waals surface area contributed by atoms with E-state index in [0.717, 1.165) is 0 Å². The molecule has 1 heterocycles. The zero-order valence-corrected chi connectivity index (χ0v) is 4.37. The molecule has 1 rings (SSSR count). The van der Waals surface area contributed by atoms with Crippen LogP contribution in [0.5, 0.6) is 0 Å². The van der Waals surface area contributed by atoms with Gasteiger partial charge in [0.25, 0.3) is 0 Å². The van der Waals surface area contributed by atoms with Gasteiger partial charge in [-0.15, -0.1) is 11.3 Å². The first-order valence-electron chi connectivity index (χ1n) is 1.84. The Bertz CT molecular complexity index is 174. The predicted octanol–water partition coefficient (Wildman–Crippen LogP) is 0.908. The zero-order chi connectivity index (χ0) is 5.11. The molecule has 1 aromatic heterocycles. The minimum Gasteiger partial charge on any atom is -0.290 e. The molecule has 0 aromatic carbocycles. The molecule has 1 aromatic rings. The molecular formula is C5H3OS. The third-order valence-corrected chi connectivity index (χ3v) is 1.10. The molecule has 0 aliphatic heterocycles. The standard InChI is InChI=1S/C5H3OS/c6-5-1-3-7-4-2-5/h1-3H. The molecule has 0 atom stereocenters. The van der Waals surface area contributed by atoms with Gasteiger partial charge in [-0.25, -0.2) is 0 Å². The van der Waals surface area contributed by atoms with Gasteiger partial charge < -0.3 is 0 Å². The third kappa shape index (κ3) is 1.12. The van der Waals surface area contributed by atoms with Crippen LogP contribution in [0.4, 0.5) is 0 Å². The Morgan fingerprint density at radius 2 is 2.57 bits per heavy atom. The molecule has 1 radical (unpaired) electrons. The first kappa shape index (κ1) is 4.53. The minimum atomic E-state index is 0.0266. The number of hydrogen-bond acceptors (Lipinski definition) is 2. The fourth-order valence-corrected chi connectivity index (χ4v) is 0.746. The van der Waals surface area contributed by atoms with Gasteiger partial charge in [0, 0.05) is 11.4 Å². The van der Waals surface area contributed by atoms with E-state index in [1.165, 1.54) is 23.5 Å². The van der Waals surface area contributed by atoms with Crippen molar-refractivity contribution in [3.63, 3.8) is 0 Å². The van der Waals surface area contributed by atoms with E-state index in [2.05, 4.69) is 5.38 Å². The Morgan fingerprint density at radius 1 is 1.71 bits per heavy atom. The van der Waals surface area contributed by atoms with Crippen LogP contribution in [0, 0.1) is 5.38 Å². The van der Waals surface area contributed by atoms with Crippen LogP contribution in [0.2, 0.25) is 0 Å². The molecule has 2 heteroatoms. The summed E-state index contributed by atoms with van der Waals surface area (Å²) in [5.41, 5.74) is 0.0266. The molecule has 0 amide bonds. The molecular weight excluding hydrogens is 108 g/mol. The summed E-state index contributed by atoms with van der Waals surface area (Å²) < 4.78 is 0. The normalized spacial score (nSPS) is 8.57. The van der Waals surface area contributed by atoms with Gasteiger partial charge >= 0.3 is 0 Å². The Morgan fingerprint density at radius 3 is 2.86 bits per heavy atom. The Balaban J connectivity index is 3.28. The van der Waals surface area contributed by atoms with Crippen LogP contribution in [0.15, 0.2) is 22.3 Å². The van der Waals surface area contributed by atoms with Crippen molar-refractivity contribution in [3.05, 3.63) is 33.1 Å². The largest absolute Gasteiger partial charge is 0.290 e. The van der Waals surface area contributed by atoms with Crippen molar-refractivity contribution in [1.82, 2.24) is 0 Å². The van der Waals surface area contributed by atoms with Gasteiger partial charge in [0.15, 0.2) is 5.43 Å². The molecule has 0 saturated carbocycles. The highest BCUT2D eigenvalue weighted by Crippen LogP contribution is 1.83. The monoisotopic (exact) mass is 111 g/mol. The van der Waals surface area contributed by atoms with E-state index in [1.54, 1.807) is 5.38 Å². The summed E-state index contributed by atoms with van der Waals surface area (Å²) in [6.45, 7) is 0. The highest BCUT2D eigenvalue weighted by atomic mass is 32.1. The second-order valence-electron chi connectivity index (χ2n) is 1.09. The molecule has 1 nitrogen and oxygen atoms in total. The second kappa shape index (κ2) is 1.89. The van der Waals surface area contributed by atoms with Gasteiger partial charge in [-0.1, -0.05) is 0 Å². The van der Waals surface area contributed by atoms with Crippen molar-refractivity contribution in [3.8, 4) is 0 Å². The van der Waals surface area contributed by atoms with Crippen LogP contribution in [0.3, 0.4) is 0 Å². The molecule has 0 unspecified atom stereocenters. The second-order valence-corrected chi connectivity index (χ2v) is 1.83. The van der Waals surface area contributed by atoms with Crippen LogP contribution >= 0.6 is 11.3 Å². The van der Waals surface area contributed by atoms with E-state index in [9.17, 15) is 4.79 Å². The van der Waals surface area contributed by atoms with Gasteiger partial charge in [-0.3, -0.25) is 4.79 Å². The Kier molecular flexibility index (Phi) is 1.22. The lowest BCUT2D eigenvalue weighted by molar-refractivity contribution is 1.67. The van der Waals surface area contributed by atoms with E-state index in [1.807, 2.05) is 0 Å². The molecule has 0 fully saturated rings. The summed E-state index contributed by atoms with van der Waals surface area (Å²) in [5.74, 6) is 0. The maximum Gasteiger partial charge on any atom is 0.180 e. The van der Waals surface area contributed by atoms with Gasteiger partial charge in [0.1, 0.15) is 0 Å². The van der Waals surface area contributed by atoms with E-state index in [4.69, 9.17) is 0 Å². The third-order valence-electron chi connectivity index (χ3n) is 0.570. The van der Waals surface area contributed by atoms with Crippen molar-refractivity contribution in [2.75, 3.05) is 0 Å². The molecule has 0 aliphatic carbocycles. The summed E-state index contributed by atoms with van der Waals surface area (Å²) in [6, 6.07) is 2.94. The van der Waals surface area contributed by atoms with Crippen LogP contribution in [0.25, 0.3) is 0 Å². The van der Waals surface area contributed by atoms with Crippen molar-refractivity contribution >= 4 is 11.3 Å². The van der Waals surface area contributed by atoms with Crippen LogP contribution in [-0.4, -0.2) is 0 Å². The van der Waals surface area contributed by atoms with E-state index < -0.39 is 0 Å². The molecule has 7 heavy (non-hydrogen) atoms. The first-order valence-corrected chi connectivity index (χ1v) is 2.72. The smallest absolute Gasteiger partial charge is 0.180 e. The van der Waals surface area contributed by atoms with Crippen molar-refractivity contribution in [1.29, 1.82) is 0 Å². The van der Waals surface area contributed by atoms with Gasteiger partial charge in [0.2, 0.25) is 0 Å². The lowest BCUT2D eigenvalue weighted by atomic mass is 10.6. The highest BCUT2D eigenvalue weighted by Gasteiger charge is 1.72. The van der Waals surface area contributed by atoms with Gasteiger partial charge in [-0.05, 0) is 11.4 Å². The highest BCUT2D eigenvalue weighted by molar-refractivity contribution is 7.06. The molecule has 0 spiro atoms. The van der Waals surface area contributed by atoms with Gasteiger partial charge in [0.05, 0.1) is 0 Å². The van der Waals surface area contributed by atoms with E-state index >= 15 is 0 Å². The van der Waals surface area contributed by atoms with Crippen LogP contribution in [0.1, 0.15) is 0 Å². The molecule has 0 saturated heterocycles. The average molecular weight is 111 g/mol. The average Bonchev–Trinajstić information content (AvgIpc) is 1.69. The molecule has 0 N–H and O–H groups in total. The first-order chi connectivity index (χ1) is 3.39. The zero-order valence-electron chi connectivity index (χ0n) is 3.55. The van der Waals surface area contributed by atoms with Crippen molar-refractivity contribution in [2.24, 2.45) is 0 Å². The summed E-state index contributed by atoms with van der Waals surface area (Å²) in [7, 11) is 0. The quantitative estimate of drug-likeness (QED) is 0.486. The molecule has 0 bridgehead atoms. The fourth-order valence-electron chi connectivity index (χ4n) is 0.281. The summed E-state index contributed by atoms with van der Waals surface area (Å²) in [4.78, 5) is 10.2. The summed E-state index contributed by atoms with van der Waals surface area (Å²) in [5, 5.41) is 4.40. The van der Waals surface area contributed by atoms with Crippen molar-refractivity contribution < 1.29 is 0 Å². The molecule has 0 aliphatic rings. The predicted molar refractivity (Wildman–Crippen MR) is 29.4 cm³/mol. The number of rotatable bonds is 0. The SMILES string of the molecule is O=c1c[c]scc1. The molecule has 35 valence electrons. The summed E-state index contributed by atoms with van der Waals surface area (Å²) >= 11 is 1.39. The number of hydrogen-bond donors (Lipinski definition) is 0. The van der Waals surface area contributed by atoms with E-state index in [0.29, 0.717) is 0 Å². The maximum atomic E-state index is 10.2. The van der Waals surface area contributed by atoms with Gasteiger partial charge in [-0.2, -0.15) is 0 Å². The lowest BCUT2D eigenvalue weighted by Gasteiger charge is -1.68. The Labute approximate surface area is 45.2 Å². The Hall–Kier alpha value is -0.630. The van der Waals surface area contributed by atoms with Crippen LogP contribution < -0.4 is 5.43 Å². The minimum absolute atomic E-state index is 0.0266. The topological polar surface area (TPSA) is 17.1 Å². The maximum absolute atomic E-state index is 10.2. The summed E-state index contributed by atoms with van der Waals surface area (Å²) in [6.07, 6.45) is 0. The van der Waals surface area contributed by atoms with E-state index in [-0.39, 0.29) is 5.43 Å². The van der Waals surface area contributed by atoms with Crippen molar-refractivity contribution in [2.45, 2.75) is 0 Å². The fraction of sp³-hybridized carbons (Fsp3) is 0. The lowest BCUT2D eigenvalue weighted by Crippen LogP contribution is -1.89. The van der Waals surface area contributed by atoms with Crippen LogP contribution in [-0.2, 0) is 0 Å².